The lowest BCUT2D eigenvalue weighted by molar-refractivity contribution is 0.355. The Labute approximate surface area is 120 Å². The van der Waals surface area contributed by atoms with Crippen LogP contribution in [0.15, 0.2) is 46.6 Å². The SMILES string of the molecule is COc1ccc(-c2csc(-c3ccoc3)n2)cc1OC. The summed E-state index contributed by atoms with van der Waals surface area (Å²) in [6, 6.07) is 7.67. The van der Waals surface area contributed by atoms with Gasteiger partial charge in [0.25, 0.3) is 0 Å². The van der Waals surface area contributed by atoms with Crippen LogP contribution in [0.5, 0.6) is 11.5 Å². The second-order valence-corrected chi connectivity index (χ2v) is 4.98. The van der Waals surface area contributed by atoms with E-state index < -0.39 is 0 Å². The van der Waals surface area contributed by atoms with Gasteiger partial charge in [-0.2, -0.15) is 0 Å². The maximum absolute atomic E-state index is 5.31. The molecule has 0 aliphatic rings. The van der Waals surface area contributed by atoms with Gasteiger partial charge < -0.3 is 13.9 Å². The van der Waals surface area contributed by atoms with E-state index >= 15 is 0 Å². The van der Waals surface area contributed by atoms with Crippen LogP contribution in [0.25, 0.3) is 21.8 Å². The van der Waals surface area contributed by atoms with E-state index in [-0.39, 0.29) is 0 Å². The maximum Gasteiger partial charge on any atom is 0.161 e. The lowest BCUT2D eigenvalue weighted by Gasteiger charge is -2.08. The molecule has 2 heterocycles. The molecule has 2 aromatic heterocycles. The number of methoxy groups -OCH3 is 2. The van der Waals surface area contributed by atoms with Gasteiger partial charge >= 0.3 is 0 Å². The van der Waals surface area contributed by atoms with Crippen LogP contribution in [-0.2, 0) is 0 Å². The number of ether oxygens (including phenoxy) is 2. The van der Waals surface area contributed by atoms with Crippen molar-refractivity contribution >= 4 is 11.3 Å². The summed E-state index contributed by atoms with van der Waals surface area (Å²) in [6.07, 6.45) is 3.34. The van der Waals surface area contributed by atoms with Crippen molar-refractivity contribution < 1.29 is 13.9 Å². The summed E-state index contributed by atoms with van der Waals surface area (Å²) in [7, 11) is 3.25. The molecule has 0 N–H and O–H groups in total. The first-order valence-electron chi connectivity index (χ1n) is 6.02. The van der Waals surface area contributed by atoms with E-state index in [2.05, 4.69) is 4.98 Å². The van der Waals surface area contributed by atoms with Crippen LogP contribution in [-0.4, -0.2) is 19.2 Å². The second-order valence-electron chi connectivity index (χ2n) is 4.12. The second kappa shape index (κ2) is 5.38. The monoisotopic (exact) mass is 287 g/mol. The molecule has 0 bridgehead atoms. The molecular formula is C15H13NO3S. The molecule has 0 fully saturated rings. The zero-order valence-electron chi connectivity index (χ0n) is 11.1. The zero-order valence-corrected chi connectivity index (χ0v) is 11.9. The fraction of sp³-hybridized carbons (Fsp3) is 0.133. The van der Waals surface area contributed by atoms with E-state index in [0.717, 1.165) is 21.8 Å². The van der Waals surface area contributed by atoms with Crippen LogP contribution in [0.1, 0.15) is 0 Å². The highest BCUT2D eigenvalue weighted by atomic mass is 32.1. The van der Waals surface area contributed by atoms with Gasteiger partial charge in [0.05, 0.1) is 26.2 Å². The average Bonchev–Trinajstić information content (AvgIpc) is 3.16. The molecule has 0 aliphatic heterocycles. The first-order chi connectivity index (χ1) is 9.81. The Morgan fingerprint density at radius 3 is 2.60 bits per heavy atom. The van der Waals surface area contributed by atoms with E-state index in [0.29, 0.717) is 11.5 Å². The van der Waals surface area contributed by atoms with Gasteiger partial charge in [-0.3, -0.25) is 0 Å². The first-order valence-corrected chi connectivity index (χ1v) is 6.90. The van der Waals surface area contributed by atoms with Gasteiger partial charge in [-0.15, -0.1) is 11.3 Å². The van der Waals surface area contributed by atoms with Crippen LogP contribution in [0, 0.1) is 0 Å². The van der Waals surface area contributed by atoms with E-state index in [9.17, 15) is 0 Å². The van der Waals surface area contributed by atoms with E-state index in [1.54, 1.807) is 38.1 Å². The molecule has 1 aromatic carbocycles. The number of hydrogen-bond donors (Lipinski definition) is 0. The van der Waals surface area contributed by atoms with Gasteiger partial charge in [-0.05, 0) is 24.3 Å². The number of hydrogen-bond acceptors (Lipinski definition) is 5. The fourth-order valence-electron chi connectivity index (χ4n) is 1.92. The first kappa shape index (κ1) is 12.7. The normalized spacial score (nSPS) is 10.5. The van der Waals surface area contributed by atoms with Crippen molar-refractivity contribution in [3.8, 4) is 33.3 Å². The van der Waals surface area contributed by atoms with Crippen LogP contribution in [0.2, 0.25) is 0 Å². The predicted molar refractivity (Wildman–Crippen MR) is 78.4 cm³/mol. The topological polar surface area (TPSA) is 44.5 Å². The standard InChI is InChI=1S/C15H13NO3S/c1-17-13-4-3-10(7-14(13)18-2)12-9-20-15(16-12)11-5-6-19-8-11/h3-9H,1-2H3. The molecule has 0 aliphatic carbocycles. The lowest BCUT2D eigenvalue weighted by atomic mass is 10.1. The predicted octanol–water partition coefficient (Wildman–Crippen LogP) is 4.09. The van der Waals surface area contributed by atoms with Gasteiger partial charge in [0, 0.05) is 16.5 Å². The Morgan fingerprint density at radius 1 is 1.05 bits per heavy atom. The van der Waals surface area contributed by atoms with Crippen molar-refractivity contribution in [3.05, 3.63) is 42.2 Å². The van der Waals surface area contributed by atoms with Crippen molar-refractivity contribution in [1.82, 2.24) is 4.98 Å². The number of aromatic nitrogens is 1. The summed E-state index contributed by atoms with van der Waals surface area (Å²) >= 11 is 1.58. The zero-order chi connectivity index (χ0) is 13.9. The third-order valence-electron chi connectivity index (χ3n) is 2.95. The number of furan rings is 1. The van der Waals surface area contributed by atoms with E-state index in [4.69, 9.17) is 13.9 Å². The molecule has 3 aromatic rings. The summed E-state index contributed by atoms with van der Waals surface area (Å²) in [4.78, 5) is 4.62. The Morgan fingerprint density at radius 2 is 1.90 bits per heavy atom. The third-order valence-corrected chi connectivity index (χ3v) is 3.84. The molecule has 0 amide bonds. The minimum atomic E-state index is 0.697. The highest BCUT2D eigenvalue weighted by molar-refractivity contribution is 7.13. The summed E-state index contributed by atoms with van der Waals surface area (Å²) < 4.78 is 15.6. The molecule has 0 radical (unpaired) electrons. The third kappa shape index (κ3) is 2.28. The summed E-state index contributed by atoms with van der Waals surface area (Å²) in [5, 5.41) is 2.95. The highest BCUT2D eigenvalue weighted by Gasteiger charge is 2.10. The molecule has 3 rings (SSSR count). The van der Waals surface area contributed by atoms with Crippen molar-refractivity contribution in [1.29, 1.82) is 0 Å². The van der Waals surface area contributed by atoms with Crippen molar-refractivity contribution in [2.24, 2.45) is 0 Å². The minimum Gasteiger partial charge on any atom is -0.493 e. The van der Waals surface area contributed by atoms with Crippen LogP contribution in [0.3, 0.4) is 0 Å². The van der Waals surface area contributed by atoms with E-state index in [1.165, 1.54) is 0 Å². The minimum absolute atomic E-state index is 0.697. The van der Waals surface area contributed by atoms with Crippen molar-refractivity contribution in [2.75, 3.05) is 14.2 Å². The molecule has 102 valence electrons. The number of rotatable bonds is 4. The van der Waals surface area contributed by atoms with Crippen molar-refractivity contribution in [3.63, 3.8) is 0 Å². The molecule has 5 heteroatoms. The van der Waals surface area contributed by atoms with Crippen molar-refractivity contribution in [2.45, 2.75) is 0 Å². The maximum atomic E-state index is 5.31. The smallest absolute Gasteiger partial charge is 0.161 e. The quantitative estimate of drug-likeness (QED) is 0.725. The summed E-state index contributed by atoms with van der Waals surface area (Å²) in [5.41, 5.74) is 2.89. The Balaban J connectivity index is 1.97. The van der Waals surface area contributed by atoms with Gasteiger partial charge in [0.2, 0.25) is 0 Å². The molecule has 0 saturated carbocycles. The summed E-state index contributed by atoms with van der Waals surface area (Å²) in [6.45, 7) is 0. The van der Waals surface area contributed by atoms with Gasteiger partial charge in [0.1, 0.15) is 11.3 Å². The van der Waals surface area contributed by atoms with Gasteiger partial charge in [-0.25, -0.2) is 4.98 Å². The number of thiazole rings is 1. The molecule has 4 nitrogen and oxygen atoms in total. The average molecular weight is 287 g/mol. The molecule has 0 saturated heterocycles. The van der Waals surface area contributed by atoms with Crippen LogP contribution < -0.4 is 9.47 Å². The number of nitrogens with zero attached hydrogens (tertiary/aromatic N) is 1. The molecular weight excluding hydrogens is 274 g/mol. The Kier molecular flexibility index (Phi) is 3.43. The highest BCUT2D eigenvalue weighted by Crippen LogP contribution is 2.34. The molecule has 0 atom stereocenters. The van der Waals surface area contributed by atoms with Crippen LogP contribution in [0.4, 0.5) is 0 Å². The van der Waals surface area contributed by atoms with E-state index in [1.807, 2.05) is 29.6 Å². The van der Waals surface area contributed by atoms with Gasteiger partial charge in [0.15, 0.2) is 11.5 Å². The van der Waals surface area contributed by atoms with Gasteiger partial charge in [-0.1, -0.05) is 0 Å². The van der Waals surface area contributed by atoms with Crippen LogP contribution >= 0.6 is 11.3 Å². The molecule has 0 unspecified atom stereocenters. The largest absolute Gasteiger partial charge is 0.493 e. The summed E-state index contributed by atoms with van der Waals surface area (Å²) in [5.74, 6) is 1.41. The Hall–Kier alpha value is -2.27. The lowest BCUT2D eigenvalue weighted by Crippen LogP contribution is -1.90. The Bertz CT molecular complexity index is 704. The fourth-order valence-corrected chi connectivity index (χ4v) is 2.74. The molecule has 20 heavy (non-hydrogen) atoms. The molecule has 0 spiro atoms. The number of benzene rings is 1.